The fourth-order valence-corrected chi connectivity index (χ4v) is 1.45. The Labute approximate surface area is 88.1 Å². The molecule has 0 aromatic heterocycles. The zero-order valence-electron chi connectivity index (χ0n) is 8.78. The molecule has 1 saturated heterocycles. The van der Waals surface area contributed by atoms with Gasteiger partial charge in [0.25, 0.3) is 0 Å². The average Bonchev–Trinajstić information content (AvgIpc) is 2.18. The minimum absolute atomic E-state index is 0.188. The Morgan fingerprint density at radius 3 is 2.20 bits per heavy atom. The van der Waals surface area contributed by atoms with Crippen molar-refractivity contribution in [1.29, 1.82) is 0 Å². The van der Waals surface area contributed by atoms with Gasteiger partial charge in [-0.1, -0.05) is 0 Å². The van der Waals surface area contributed by atoms with Crippen LogP contribution in [0.15, 0.2) is 0 Å². The van der Waals surface area contributed by atoms with Gasteiger partial charge in [-0.2, -0.15) is 0 Å². The third-order valence-corrected chi connectivity index (χ3v) is 2.25. The smallest absolute Gasteiger partial charge is 0.186 e. The second-order valence-electron chi connectivity index (χ2n) is 3.88. The Kier molecular flexibility index (Phi) is 4.45. The van der Waals surface area contributed by atoms with E-state index in [4.69, 9.17) is 14.6 Å². The monoisotopic (exact) mass is 222 g/mol. The minimum Gasteiger partial charge on any atom is -0.394 e. The van der Waals surface area contributed by atoms with Crippen molar-refractivity contribution in [2.75, 3.05) is 6.61 Å². The van der Waals surface area contributed by atoms with Gasteiger partial charge < -0.3 is 29.9 Å². The van der Waals surface area contributed by atoms with Crippen LogP contribution in [0.25, 0.3) is 0 Å². The lowest BCUT2D eigenvalue weighted by molar-refractivity contribution is -0.308. The minimum atomic E-state index is -1.38. The predicted octanol–water partition coefficient (Wildman–Crippen LogP) is -1.79. The molecule has 0 aromatic carbocycles. The van der Waals surface area contributed by atoms with Crippen molar-refractivity contribution >= 4 is 0 Å². The highest BCUT2D eigenvalue weighted by atomic mass is 16.7. The van der Waals surface area contributed by atoms with Crippen LogP contribution < -0.4 is 0 Å². The van der Waals surface area contributed by atoms with Gasteiger partial charge in [-0.3, -0.25) is 0 Å². The average molecular weight is 222 g/mol. The molecular weight excluding hydrogens is 204 g/mol. The van der Waals surface area contributed by atoms with Crippen molar-refractivity contribution in [3.8, 4) is 0 Å². The van der Waals surface area contributed by atoms with E-state index in [1.807, 2.05) is 0 Å². The molecule has 0 unspecified atom stereocenters. The first-order chi connectivity index (χ1) is 6.97. The van der Waals surface area contributed by atoms with Gasteiger partial charge in [0.15, 0.2) is 6.29 Å². The third-order valence-electron chi connectivity index (χ3n) is 2.25. The number of rotatable bonds is 3. The largest absolute Gasteiger partial charge is 0.394 e. The lowest BCUT2D eigenvalue weighted by atomic mass is 9.99. The second kappa shape index (κ2) is 5.20. The normalized spacial score (nSPS) is 42.2. The summed E-state index contributed by atoms with van der Waals surface area (Å²) in [6, 6.07) is 0. The molecule has 1 fully saturated rings. The van der Waals surface area contributed by atoms with Gasteiger partial charge in [0.2, 0.25) is 0 Å². The van der Waals surface area contributed by atoms with E-state index >= 15 is 0 Å². The van der Waals surface area contributed by atoms with Gasteiger partial charge in [0, 0.05) is 0 Å². The van der Waals surface area contributed by atoms with E-state index in [0.29, 0.717) is 0 Å². The molecule has 1 aliphatic rings. The van der Waals surface area contributed by atoms with Crippen molar-refractivity contribution in [3.63, 3.8) is 0 Å². The Morgan fingerprint density at radius 1 is 1.13 bits per heavy atom. The summed E-state index contributed by atoms with van der Waals surface area (Å²) < 4.78 is 10.3. The fraction of sp³-hybridized carbons (Fsp3) is 1.00. The van der Waals surface area contributed by atoms with E-state index in [9.17, 15) is 15.3 Å². The molecular formula is C9H18O6. The zero-order chi connectivity index (χ0) is 11.6. The van der Waals surface area contributed by atoms with Crippen molar-refractivity contribution in [2.24, 2.45) is 0 Å². The summed E-state index contributed by atoms with van der Waals surface area (Å²) in [6.45, 7) is 3.06. The van der Waals surface area contributed by atoms with Crippen LogP contribution in [-0.4, -0.2) is 63.8 Å². The third kappa shape index (κ3) is 2.87. The zero-order valence-corrected chi connectivity index (χ0v) is 8.78. The van der Waals surface area contributed by atoms with Crippen molar-refractivity contribution in [1.82, 2.24) is 0 Å². The van der Waals surface area contributed by atoms with Crippen LogP contribution in [0.2, 0.25) is 0 Å². The van der Waals surface area contributed by atoms with Crippen molar-refractivity contribution in [3.05, 3.63) is 0 Å². The highest BCUT2D eigenvalue weighted by Crippen LogP contribution is 2.22. The topological polar surface area (TPSA) is 99.4 Å². The van der Waals surface area contributed by atoms with E-state index in [1.54, 1.807) is 13.8 Å². The number of hydrogen-bond donors (Lipinski definition) is 4. The summed E-state index contributed by atoms with van der Waals surface area (Å²) in [4.78, 5) is 0. The number of aliphatic hydroxyl groups is 4. The first-order valence-corrected chi connectivity index (χ1v) is 4.93. The van der Waals surface area contributed by atoms with Crippen LogP contribution in [-0.2, 0) is 9.47 Å². The van der Waals surface area contributed by atoms with Crippen LogP contribution in [0, 0.1) is 0 Å². The molecule has 6 heteroatoms. The Hall–Kier alpha value is -0.240. The molecule has 0 saturated carbocycles. The van der Waals surface area contributed by atoms with E-state index in [1.165, 1.54) is 0 Å². The maximum absolute atomic E-state index is 9.53. The lowest BCUT2D eigenvalue weighted by Crippen LogP contribution is -2.59. The molecule has 1 rings (SSSR count). The molecule has 0 radical (unpaired) electrons. The SMILES string of the molecule is CC(C)O[C@@H]1O[C@@H](CO)[C@@H](O)[C@@H](O)[C@@H]1O. The summed E-state index contributed by atoms with van der Waals surface area (Å²) in [5, 5.41) is 37.3. The molecule has 90 valence electrons. The Balaban J connectivity index is 2.65. The Morgan fingerprint density at radius 2 is 1.73 bits per heavy atom. The predicted molar refractivity (Wildman–Crippen MR) is 50.0 cm³/mol. The first-order valence-electron chi connectivity index (χ1n) is 4.93. The second-order valence-corrected chi connectivity index (χ2v) is 3.88. The summed E-state index contributed by atoms with van der Waals surface area (Å²) in [5.74, 6) is 0. The van der Waals surface area contributed by atoms with Crippen molar-refractivity contribution in [2.45, 2.75) is 50.7 Å². The van der Waals surface area contributed by atoms with Crippen LogP contribution in [0.4, 0.5) is 0 Å². The highest BCUT2D eigenvalue weighted by molar-refractivity contribution is 4.88. The number of ether oxygens (including phenoxy) is 2. The summed E-state index contributed by atoms with van der Waals surface area (Å²) >= 11 is 0. The molecule has 5 atom stereocenters. The maximum Gasteiger partial charge on any atom is 0.186 e. The summed E-state index contributed by atoms with van der Waals surface area (Å²) in [6.07, 6.45) is -6.15. The van der Waals surface area contributed by atoms with Crippen LogP contribution in [0.5, 0.6) is 0 Å². The van der Waals surface area contributed by atoms with Gasteiger partial charge in [-0.05, 0) is 13.8 Å². The molecule has 6 nitrogen and oxygen atoms in total. The molecule has 0 bridgehead atoms. The first kappa shape index (κ1) is 12.8. The van der Waals surface area contributed by atoms with Gasteiger partial charge in [-0.15, -0.1) is 0 Å². The van der Waals surface area contributed by atoms with Crippen LogP contribution >= 0.6 is 0 Å². The van der Waals surface area contributed by atoms with E-state index in [0.717, 1.165) is 0 Å². The van der Waals surface area contributed by atoms with Gasteiger partial charge in [0.05, 0.1) is 12.7 Å². The van der Waals surface area contributed by atoms with Gasteiger partial charge >= 0.3 is 0 Å². The van der Waals surface area contributed by atoms with Crippen LogP contribution in [0.1, 0.15) is 13.8 Å². The highest BCUT2D eigenvalue weighted by Gasteiger charge is 2.44. The molecule has 0 amide bonds. The van der Waals surface area contributed by atoms with Crippen molar-refractivity contribution < 1.29 is 29.9 Å². The molecule has 0 aromatic rings. The summed E-state index contributed by atoms with van der Waals surface area (Å²) in [7, 11) is 0. The quantitative estimate of drug-likeness (QED) is 0.450. The van der Waals surface area contributed by atoms with E-state index < -0.39 is 37.3 Å². The number of hydrogen-bond acceptors (Lipinski definition) is 6. The molecule has 1 aliphatic heterocycles. The van der Waals surface area contributed by atoms with E-state index in [2.05, 4.69) is 0 Å². The van der Waals surface area contributed by atoms with Gasteiger partial charge in [0.1, 0.15) is 24.4 Å². The molecule has 0 aliphatic carbocycles. The fourth-order valence-electron chi connectivity index (χ4n) is 1.45. The molecule has 4 N–H and O–H groups in total. The lowest BCUT2D eigenvalue weighted by Gasteiger charge is -2.40. The summed E-state index contributed by atoms with van der Waals surface area (Å²) in [5.41, 5.74) is 0. The molecule has 0 spiro atoms. The van der Waals surface area contributed by atoms with E-state index in [-0.39, 0.29) is 6.10 Å². The van der Waals surface area contributed by atoms with Gasteiger partial charge in [-0.25, -0.2) is 0 Å². The Bertz CT molecular complexity index is 195. The number of aliphatic hydroxyl groups excluding tert-OH is 4. The standard InChI is InChI=1S/C9H18O6/c1-4(2)14-9-8(13)7(12)6(11)5(3-10)15-9/h4-13H,3H2,1-2H3/t5-,6+,7+,8-,9+/m0/s1. The molecule has 15 heavy (non-hydrogen) atoms. The molecule has 1 heterocycles. The maximum atomic E-state index is 9.53. The van der Waals surface area contributed by atoms with Crippen LogP contribution in [0.3, 0.4) is 0 Å².